The van der Waals surface area contributed by atoms with Crippen LogP contribution < -0.4 is 0 Å². The van der Waals surface area contributed by atoms with E-state index in [0.29, 0.717) is 0 Å². The molecule has 4 heteroatoms. The maximum atomic E-state index is 4.32. The highest BCUT2D eigenvalue weighted by Gasteiger charge is 2.08. The molecule has 88 valence electrons. The first-order valence-corrected chi connectivity index (χ1v) is 5.74. The van der Waals surface area contributed by atoms with Crippen LogP contribution in [0.1, 0.15) is 5.56 Å². The van der Waals surface area contributed by atoms with Crippen molar-refractivity contribution in [3.05, 3.63) is 60.4 Å². The van der Waals surface area contributed by atoms with Crippen LogP contribution in [0.2, 0.25) is 0 Å². The van der Waals surface area contributed by atoms with Crippen LogP contribution in [-0.4, -0.2) is 20.0 Å². The highest BCUT2D eigenvalue weighted by molar-refractivity contribution is 5.56. The van der Waals surface area contributed by atoms with Crippen molar-refractivity contribution in [2.45, 2.75) is 6.92 Å². The van der Waals surface area contributed by atoms with Gasteiger partial charge in [0, 0.05) is 6.20 Å². The third kappa shape index (κ3) is 1.88. The highest BCUT2D eigenvalue weighted by Crippen LogP contribution is 2.19. The summed E-state index contributed by atoms with van der Waals surface area (Å²) in [4.78, 5) is 4.32. The molecule has 0 aliphatic heterocycles. The third-order valence-electron chi connectivity index (χ3n) is 2.76. The van der Waals surface area contributed by atoms with Gasteiger partial charge in [-0.25, -0.2) is 4.68 Å². The number of aryl methyl sites for hydroxylation is 1. The Morgan fingerprint density at radius 1 is 1.00 bits per heavy atom. The van der Waals surface area contributed by atoms with Crippen LogP contribution in [0, 0.1) is 6.92 Å². The van der Waals surface area contributed by atoms with Crippen LogP contribution in [0.25, 0.3) is 17.1 Å². The van der Waals surface area contributed by atoms with Crippen molar-refractivity contribution in [2.75, 3.05) is 0 Å². The molecule has 1 aromatic carbocycles. The Hall–Kier alpha value is -2.49. The van der Waals surface area contributed by atoms with Gasteiger partial charge < -0.3 is 0 Å². The zero-order valence-corrected chi connectivity index (χ0v) is 9.99. The van der Waals surface area contributed by atoms with Crippen molar-refractivity contribution in [3.63, 3.8) is 0 Å². The Balaban J connectivity index is 2.10. The fourth-order valence-corrected chi connectivity index (χ4v) is 1.80. The molecule has 0 fully saturated rings. The van der Waals surface area contributed by atoms with Crippen molar-refractivity contribution >= 4 is 0 Å². The quantitative estimate of drug-likeness (QED) is 0.687. The van der Waals surface area contributed by atoms with Gasteiger partial charge in [-0.3, -0.25) is 4.98 Å². The smallest absolute Gasteiger partial charge is 0.113 e. The van der Waals surface area contributed by atoms with E-state index in [1.54, 1.807) is 17.1 Å². The third-order valence-corrected chi connectivity index (χ3v) is 2.76. The number of hydrogen-bond donors (Lipinski definition) is 0. The van der Waals surface area contributed by atoms with Crippen molar-refractivity contribution in [1.29, 1.82) is 0 Å². The van der Waals surface area contributed by atoms with Gasteiger partial charge in [-0.2, -0.15) is 0 Å². The van der Waals surface area contributed by atoms with E-state index in [1.807, 2.05) is 30.3 Å². The van der Waals surface area contributed by atoms with Gasteiger partial charge in [0.15, 0.2) is 0 Å². The number of aromatic nitrogens is 4. The van der Waals surface area contributed by atoms with Crippen LogP contribution in [0.15, 0.2) is 54.9 Å². The summed E-state index contributed by atoms with van der Waals surface area (Å²) in [5.74, 6) is 0. The lowest BCUT2D eigenvalue weighted by molar-refractivity contribution is 0.806. The van der Waals surface area contributed by atoms with Crippen LogP contribution in [0.3, 0.4) is 0 Å². The van der Waals surface area contributed by atoms with Crippen LogP contribution in [0.4, 0.5) is 0 Å². The van der Waals surface area contributed by atoms with E-state index in [-0.39, 0.29) is 0 Å². The van der Waals surface area contributed by atoms with Crippen LogP contribution in [0.5, 0.6) is 0 Å². The van der Waals surface area contributed by atoms with Gasteiger partial charge in [-0.05, 0) is 31.2 Å². The second kappa shape index (κ2) is 4.41. The van der Waals surface area contributed by atoms with E-state index in [4.69, 9.17) is 0 Å². The number of nitrogens with zero attached hydrogens (tertiary/aromatic N) is 4. The average Bonchev–Trinajstić information content (AvgIpc) is 2.90. The lowest BCUT2D eigenvalue weighted by Crippen LogP contribution is -1.99. The molecular formula is C14H12N4. The van der Waals surface area contributed by atoms with Gasteiger partial charge in [-0.1, -0.05) is 29.0 Å². The topological polar surface area (TPSA) is 43.6 Å². The Labute approximate surface area is 105 Å². The minimum Gasteiger partial charge on any atom is -0.255 e. The second-order valence-electron chi connectivity index (χ2n) is 4.08. The Morgan fingerprint density at radius 3 is 2.56 bits per heavy atom. The van der Waals surface area contributed by atoms with Crippen molar-refractivity contribution in [2.24, 2.45) is 0 Å². The maximum absolute atomic E-state index is 4.32. The molecule has 0 bridgehead atoms. The summed E-state index contributed by atoms with van der Waals surface area (Å²) in [7, 11) is 0. The largest absolute Gasteiger partial charge is 0.255 e. The molecule has 0 aliphatic rings. The molecule has 0 saturated carbocycles. The molecule has 2 heterocycles. The first kappa shape index (κ1) is 10.7. The van der Waals surface area contributed by atoms with Crippen molar-refractivity contribution in [1.82, 2.24) is 20.0 Å². The molecule has 0 spiro atoms. The van der Waals surface area contributed by atoms with E-state index in [0.717, 1.165) is 17.1 Å². The van der Waals surface area contributed by atoms with Crippen molar-refractivity contribution < 1.29 is 0 Å². The normalized spacial score (nSPS) is 10.5. The molecule has 0 aliphatic carbocycles. The SMILES string of the molecule is Cc1ccc(-n2nncc2-c2ccccn2)cc1. The second-order valence-corrected chi connectivity index (χ2v) is 4.08. The molecular weight excluding hydrogens is 224 g/mol. The molecule has 18 heavy (non-hydrogen) atoms. The number of rotatable bonds is 2. The zero-order chi connectivity index (χ0) is 12.4. The highest BCUT2D eigenvalue weighted by atomic mass is 15.4. The molecule has 0 N–H and O–H groups in total. The Morgan fingerprint density at radius 2 is 1.83 bits per heavy atom. The van der Waals surface area contributed by atoms with Gasteiger partial charge in [0.1, 0.15) is 5.69 Å². The standard InChI is InChI=1S/C14H12N4/c1-11-5-7-12(8-6-11)18-14(10-16-17-18)13-4-2-3-9-15-13/h2-10H,1H3. The summed E-state index contributed by atoms with van der Waals surface area (Å²) >= 11 is 0. The fraction of sp³-hybridized carbons (Fsp3) is 0.0714. The molecule has 0 atom stereocenters. The monoisotopic (exact) mass is 236 g/mol. The van der Waals surface area contributed by atoms with Gasteiger partial charge >= 0.3 is 0 Å². The number of benzene rings is 1. The molecule has 4 nitrogen and oxygen atoms in total. The van der Waals surface area contributed by atoms with Gasteiger partial charge in [-0.15, -0.1) is 5.10 Å². The van der Waals surface area contributed by atoms with Gasteiger partial charge in [0.25, 0.3) is 0 Å². The van der Waals surface area contributed by atoms with E-state index >= 15 is 0 Å². The molecule has 0 saturated heterocycles. The molecule has 0 unspecified atom stereocenters. The van der Waals surface area contributed by atoms with E-state index in [2.05, 4.69) is 34.4 Å². The molecule has 0 radical (unpaired) electrons. The predicted octanol–water partition coefficient (Wildman–Crippen LogP) is 2.64. The lowest BCUT2D eigenvalue weighted by atomic mass is 10.2. The molecule has 2 aromatic heterocycles. The first-order valence-electron chi connectivity index (χ1n) is 5.74. The summed E-state index contributed by atoms with van der Waals surface area (Å²) in [5, 5.41) is 8.09. The van der Waals surface area contributed by atoms with E-state index in [9.17, 15) is 0 Å². The minimum atomic E-state index is 0.864. The number of pyridine rings is 1. The van der Waals surface area contributed by atoms with Gasteiger partial charge in [0.05, 0.1) is 17.6 Å². The first-order chi connectivity index (χ1) is 8.84. The van der Waals surface area contributed by atoms with Crippen LogP contribution in [-0.2, 0) is 0 Å². The summed E-state index contributed by atoms with van der Waals surface area (Å²) in [6.45, 7) is 2.06. The van der Waals surface area contributed by atoms with Crippen molar-refractivity contribution in [3.8, 4) is 17.1 Å². The summed E-state index contributed by atoms with van der Waals surface area (Å²) < 4.78 is 1.79. The van der Waals surface area contributed by atoms with Crippen LogP contribution >= 0.6 is 0 Å². The summed E-state index contributed by atoms with van der Waals surface area (Å²) in [6, 6.07) is 14.0. The van der Waals surface area contributed by atoms with E-state index < -0.39 is 0 Å². The lowest BCUT2D eigenvalue weighted by Gasteiger charge is -2.05. The van der Waals surface area contributed by atoms with Gasteiger partial charge in [0.2, 0.25) is 0 Å². The predicted molar refractivity (Wildman–Crippen MR) is 69.3 cm³/mol. The summed E-state index contributed by atoms with van der Waals surface area (Å²) in [6.07, 6.45) is 3.49. The molecule has 3 rings (SSSR count). The zero-order valence-electron chi connectivity index (χ0n) is 9.99. The Kier molecular flexibility index (Phi) is 2.61. The number of hydrogen-bond acceptors (Lipinski definition) is 3. The van der Waals surface area contributed by atoms with E-state index in [1.165, 1.54) is 5.56 Å². The Bertz CT molecular complexity index is 641. The molecule has 3 aromatic rings. The summed E-state index contributed by atoms with van der Waals surface area (Å²) in [5.41, 5.74) is 3.96. The minimum absolute atomic E-state index is 0.864. The fourth-order valence-electron chi connectivity index (χ4n) is 1.80. The maximum Gasteiger partial charge on any atom is 0.113 e. The average molecular weight is 236 g/mol. The molecule has 0 amide bonds.